The van der Waals surface area contributed by atoms with Gasteiger partial charge in [0.2, 0.25) is 5.91 Å². The van der Waals surface area contributed by atoms with E-state index in [2.05, 4.69) is 10.6 Å². The van der Waals surface area contributed by atoms with Gasteiger partial charge in [-0.05, 0) is 31.2 Å². The van der Waals surface area contributed by atoms with Crippen LogP contribution >= 0.6 is 0 Å². The molecule has 7 heteroatoms. The van der Waals surface area contributed by atoms with E-state index in [9.17, 15) is 14.4 Å². The second-order valence-corrected chi connectivity index (χ2v) is 4.42. The Kier molecular flexibility index (Phi) is 6.90. The highest BCUT2D eigenvalue weighted by atomic mass is 16.4. The summed E-state index contributed by atoms with van der Waals surface area (Å²) in [5, 5.41) is 13.7. The maximum absolute atomic E-state index is 11.8. The zero-order valence-corrected chi connectivity index (χ0v) is 11.6. The number of hydrogen-bond acceptors (Lipinski definition) is 4. The van der Waals surface area contributed by atoms with Gasteiger partial charge in [0.25, 0.3) is 5.91 Å². The first-order valence-corrected chi connectivity index (χ1v) is 6.63. The van der Waals surface area contributed by atoms with Crippen molar-refractivity contribution in [2.45, 2.75) is 19.3 Å². The van der Waals surface area contributed by atoms with Gasteiger partial charge in [-0.15, -0.1) is 0 Å². The van der Waals surface area contributed by atoms with E-state index in [1.807, 2.05) is 0 Å². The quantitative estimate of drug-likeness (QED) is 0.558. The third-order valence-corrected chi connectivity index (χ3v) is 2.64. The summed E-state index contributed by atoms with van der Waals surface area (Å²) in [4.78, 5) is 33.7. The molecule has 1 aromatic rings. The summed E-state index contributed by atoms with van der Waals surface area (Å²) in [6.07, 6.45) is 0.786. The first-order chi connectivity index (χ1) is 10.0. The molecule has 21 heavy (non-hydrogen) atoms. The van der Waals surface area contributed by atoms with Crippen molar-refractivity contribution in [1.82, 2.24) is 5.32 Å². The lowest BCUT2D eigenvalue weighted by Gasteiger charge is -2.07. The van der Waals surface area contributed by atoms with Crippen LogP contribution in [-0.4, -0.2) is 36.0 Å². The molecule has 0 bridgehead atoms. The zero-order valence-electron chi connectivity index (χ0n) is 11.6. The van der Waals surface area contributed by atoms with E-state index in [4.69, 9.17) is 10.8 Å². The minimum atomic E-state index is -0.976. The van der Waals surface area contributed by atoms with Crippen LogP contribution in [0, 0.1) is 0 Å². The number of carbonyl (C=O) groups is 3. The molecule has 1 rings (SSSR count). The van der Waals surface area contributed by atoms with Crippen molar-refractivity contribution < 1.29 is 19.5 Å². The van der Waals surface area contributed by atoms with Crippen molar-refractivity contribution in [2.75, 3.05) is 18.4 Å². The highest BCUT2D eigenvalue weighted by molar-refractivity contribution is 5.97. The normalized spacial score (nSPS) is 9.95. The summed E-state index contributed by atoms with van der Waals surface area (Å²) < 4.78 is 0. The predicted molar refractivity (Wildman–Crippen MR) is 77.9 cm³/mol. The Labute approximate surface area is 122 Å². The van der Waals surface area contributed by atoms with Gasteiger partial charge in [-0.2, -0.15) is 0 Å². The molecule has 0 heterocycles. The van der Waals surface area contributed by atoms with E-state index in [0.29, 0.717) is 30.6 Å². The monoisotopic (exact) mass is 293 g/mol. The van der Waals surface area contributed by atoms with Crippen LogP contribution in [0.3, 0.4) is 0 Å². The lowest BCUT2D eigenvalue weighted by Crippen LogP contribution is -2.26. The average Bonchev–Trinajstić information content (AvgIpc) is 2.45. The second-order valence-electron chi connectivity index (χ2n) is 4.42. The van der Waals surface area contributed by atoms with Crippen LogP contribution in [0.25, 0.3) is 0 Å². The highest BCUT2D eigenvalue weighted by Crippen LogP contribution is 2.11. The van der Waals surface area contributed by atoms with Gasteiger partial charge < -0.3 is 21.5 Å². The molecule has 0 unspecified atom stereocenters. The van der Waals surface area contributed by atoms with Crippen LogP contribution in [0.1, 0.15) is 29.6 Å². The summed E-state index contributed by atoms with van der Waals surface area (Å²) >= 11 is 0. The molecular weight excluding hydrogens is 274 g/mol. The van der Waals surface area contributed by atoms with Gasteiger partial charge in [-0.1, -0.05) is 6.07 Å². The number of carboxylic acid groups (broad SMARTS) is 1. The van der Waals surface area contributed by atoms with Crippen LogP contribution in [0.4, 0.5) is 5.69 Å². The Hall–Kier alpha value is -2.41. The van der Waals surface area contributed by atoms with Crippen molar-refractivity contribution >= 4 is 23.5 Å². The van der Waals surface area contributed by atoms with E-state index < -0.39 is 5.97 Å². The SMILES string of the molecule is NCCCC(=O)Nc1cccc(C(=O)NCCC(=O)O)c1. The molecular formula is C14H19N3O4. The third-order valence-electron chi connectivity index (χ3n) is 2.64. The fourth-order valence-electron chi connectivity index (χ4n) is 1.61. The molecule has 0 radical (unpaired) electrons. The van der Waals surface area contributed by atoms with E-state index in [-0.39, 0.29) is 24.8 Å². The van der Waals surface area contributed by atoms with Crippen molar-refractivity contribution in [3.05, 3.63) is 29.8 Å². The fraction of sp³-hybridized carbons (Fsp3) is 0.357. The molecule has 0 aliphatic carbocycles. The summed E-state index contributed by atoms with van der Waals surface area (Å²) in [6, 6.07) is 6.45. The minimum absolute atomic E-state index is 0.0568. The summed E-state index contributed by atoms with van der Waals surface area (Å²) in [5.41, 5.74) is 6.20. The lowest BCUT2D eigenvalue weighted by atomic mass is 10.2. The Bertz CT molecular complexity index is 517. The van der Waals surface area contributed by atoms with Crippen molar-refractivity contribution in [1.29, 1.82) is 0 Å². The van der Waals surface area contributed by atoms with Crippen molar-refractivity contribution in [2.24, 2.45) is 5.73 Å². The van der Waals surface area contributed by atoms with Gasteiger partial charge in [-0.25, -0.2) is 0 Å². The van der Waals surface area contributed by atoms with Gasteiger partial charge in [0.15, 0.2) is 0 Å². The Morgan fingerprint density at radius 2 is 1.95 bits per heavy atom. The maximum atomic E-state index is 11.8. The van der Waals surface area contributed by atoms with Gasteiger partial charge in [0.1, 0.15) is 0 Å². The Morgan fingerprint density at radius 3 is 2.62 bits per heavy atom. The fourth-order valence-corrected chi connectivity index (χ4v) is 1.61. The minimum Gasteiger partial charge on any atom is -0.481 e. The zero-order chi connectivity index (χ0) is 15.7. The van der Waals surface area contributed by atoms with Gasteiger partial charge >= 0.3 is 5.97 Å². The summed E-state index contributed by atoms with van der Waals surface area (Å²) in [7, 11) is 0. The number of hydrogen-bond donors (Lipinski definition) is 4. The largest absolute Gasteiger partial charge is 0.481 e. The molecule has 0 aromatic heterocycles. The van der Waals surface area contributed by atoms with Crippen LogP contribution in [0.2, 0.25) is 0 Å². The van der Waals surface area contributed by atoms with Crippen LogP contribution in [0.15, 0.2) is 24.3 Å². The van der Waals surface area contributed by atoms with Gasteiger partial charge in [-0.3, -0.25) is 14.4 Å². The number of nitrogens with one attached hydrogen (secondary N) is 2. The van der Waals surface area contributed by atoms with Crippen LogP contribution < -0.4 is 16.4 Å². The van der Waals surface area contributed by atoms with Crippen LogP contribution in [-0.2, 0) is 9.59 Å². The third kappa shape index (κ3) is 6.53. The number of carbonyl (C=O) groups excluding carboxylic acids is 2. The molecule has 0 saturated heterocycles. The first kappa shape index (κ1) is 16.6. The van der Waals surface area contributed by atoms with E-state index in [0.717, 1.165) is 0 Å². The van der Waals surface area contributed by atoms with E-state index in [1.54, 1.807) is 18.2 Å². The second kappa shape index (κ2) is 8.70. The molecule has 0 aliphatic rings. The van der Waals surface area contributed by atoms with E-state index in [1.165, 1.54) is 6.07 Å². The number of benzene rings is 1. The molecule has 0 saturated carbocycles. The van der Waals surface area contributed by atoms with Gasteiger partial charge in [0, 0.05) is 24.2 Å². The first-order valence-electron chi connectivity index (χ1n) is 6.63. The Morgan fingerprint density at radius 1 is 1.19 bits per heavy atom. The molecule has 0 fully saturated rings. The number of aliphatic carboxylic acids is 1. The van der Waals surface area contributed by atoms with Gasteiger partial charge in [0.05, 0.1) is 6.42 Å². The predicted octanol–water partition coefficient (Wildman–Crippen LogP) is 0.569. The topological polar surface area (TPSA) is 122 Å². The van der Waals surface area contributed by atoms with E-state index >= 15 is 0 Å². The molecule has 5 N–H and O–H groups in total. The molecule has 1 aromatic carbocycles. The average molecular weight is 293 g/mol. The summed E-state index contributed by atoms with van der Waals surface area (Å²) in [6.45, 7) is 0.501. The number of carboxylic acids is 1. The summed E-state index contributed by atoms with van der Waals surface area (Å²) in [5.74, 6) is -1.52. The van der Waals surface area contributed by atoms with Crippen molar-refractivity contribution in [3.8, 4) is 0 Å². The number of anilines is 1. The highest BCUT2D eigenvalue weighted by Gasteiger charge is 2.08. The van der Waals surface area contributed by atoms with Crippen molar-refractivity contribution in [3.63, 3.8) is 0 Å². The number of rotatable bonds is 8. The standard InChI is InChI=1S/C14H19N3O4/c15-7-2-5-12(18)17-11-4-1-3-10(9-11)14(21)16-8-6-13(19)20/h1,3-4,9H,2,5-8,15H2,(H,16,21)(H,17,18)(H,19,20). The molecule has 114 valence electrons. The number of amides is 2. The lowest BCUT2D eigenvalue weighted by molar-refractivity contribution is -0.136. The Balaban J connectivity index is 2.56. The number of nitrogens with two attached hydrogens (primary N) is 1. The molecule has 7 nitrogen and oxygen atoms in total. The molecule has 0 aliphatic heterocycles. The molecule has 0 spiro atoms. The molecule has 0 atom stereocenters. The maximum Gasteiger partial charge on any atom is 0.305 e. The smallest absolute Gasteiger partial charge is 0.305 e. The molecule has 2 amide bonds. The van der Waals surface area contributed by atoms with Crippen LogP contribution in [0.5, 0.6) is 0 Å².